The van der Waals surface area contributed by atoms with Crippen molar-refractivity contribution in [2.45, 2.75) is 0 Å². The van der Waals surface area contributed by atoms with Crippen LogP contribution in [0.3, 0.4) is 0 Å². The fourth-order valence-corrected chi connectivity index (χ4v) is 2.25. The highest BCUT2D eigenvalue weighted by molar-refractivity contribution is 5.84. The van der Waals surface area contributed by atoms with Gasteiger partial charge in [0.1, 0.15) is 5.69 Å². The van der Waals surface area contributed by atoms with Crippen molar-refractivity contribution in [3.05, 3.63) is 43.0 Å². The lowest BCUT2D eigenvalue weighted by molar-refractivity contribution is -0.384. The van der Waals surface area contributed by atoms with Gasteiger partial charge in [-0.2, -0.15) is 0 Å². The Balaban J connectivity index is 2.28. The highest BCUT2D eigenvalue weighted by Crippen LogP contribution is 2.31. The summed E-state index contributed by atoms with van der Waals surface area (Å²) in [4.78, 5) is 39.8. The average Bonchev–Trinajstić information content (AvgIpc) is 2.92. The Morgan fingerprint density at radius 3 is 2.35 bits per heavy atom. The van der Waals surface area contributed by atoms with Crippen molar-refractivity contribution < 1.29 is 4.92 Å². The highest BCUT2D eigenvalue weighted by atomic mass is 16.6. The van der Waals surface area contributed by atoms with Crippen molar-refractivity contribution in [1.29, 1.82) is 0 Å². The Morgan fingerprint density at radius 1 is 1.15 bits per heavy atom. The number of aromatic amines is 2. The van der Waals surface area contributed by atoms with Crippen molar-refractivity contribution >= 4 is 22.4 Å². The molecule has 20 heavy (non-hydrogen) atoms. The normalized spacial score (nSPS) is 14.9. The summed E-state index contributed by atoms with van der Waals surface area (Å²) in [6.45, 7) is 1.87. The molecule has 3 rings (SSSR count). The molecule has 0 amide bonds. The molecule has 1 fully saturated rings. The second kappa shape index (κ2) is 4.46. The van der Waals surface area contributed by atoms with E-state index in [1.165, 1.54) is 12.1 Å². The summed E-state index contributed by atoms with van der Waals surface area (Å²) in [7, 11) is 0. The number of nitro benzene ring substituents is 1. The predicted octanol–water partition coefficient (Wildman–Crippen LogP) is -0.508. The zero-order valence-corrected chi connectivity index (χ0v) is 10.3. The highest BCUT2D eigenvalue weighted by Gasteiger charge is 2.23. The summed E-state index contributed by atoms with van der Waals surface area (Å²) in [6, 6.07) is 2.78. The molecule has 9 nitrogen and oxygen atoms in total. The van der Waals surface area contributed by atoms with Gasteiger partial charge >= 0.3 is 11.1 Å². The molecule has 0 atom stereocenters. The summed E-state index contributed by atoms with van der Waals surface area (Å²) in [5.74, 6) is 0. The topological polar surface area (TPSA) is 124 Å². The van der Waals surface area contributed by atoms with Gasteiger partial charge in [0.2, 0.25) is 0 Å². The van der Waals surface area contributed by atoms with E-state index in [0.717, 1.165) is 6.54 Å². The average molecular weight is 277 g/mol. The van der Waals surface area contributed by atoms with Crippen LogP contribution < -0.4 is 21.3 Å². The van der Waals surface area contributed by atoms with Crippen LogP contribution in [0.1, 0.15) is 0 Å². The van der Waals surface area contributed by atoms with Crippen LogP contribution in [0.2, 0.25) is 0 Å². The summed E-state index contributed by atoms with van der Waals surface area (Å²) >= 11 is 0. The lowest BCUT2D eigenvalue weighted by Gasteiger charge is -2.17. The molecule has 0 radical (unpaired) electrons. The van der Waals surface area contributed by atoms with Gasteiger partial charge in [0.25, 0.3) is 5.69 Å². The standard InChI is InChI=1S/C11H11N5O4/c17-10-11(18)14-7-4-9(16(19)20)8(3-6(7)13-10)15-2-1-12-5-15/h3-4,12H,1-2,5H2,(H,13,17)(H,14,18). The Hall–Kier alpha value is -2.68. The first-order valence-electron chi connectivity index (χ1n) is 5.96. The molecule has 0 spiro atoms. The maximum Gasteiger partial charge on any atom is 0.314 e. The molecule has 2 heterocycles. The second-order valence-electron chi connectivity index (χ2n) is 4.47. The molecule has 104 valence electrons. The van der Waals surface area contributed by atoms with E-state index in [-0.39, 0.29) is 11.2 Å². The number of nitrogens with zero attached hydrogens (tertiary/aromatic N) is 2. The Kier molecular flexibility index (Phi) is 2.75. The second-order valence-corrected chi connectivity index (χ2v) is 4.47. The van der Waals surface area contributed by atoms with Crippen LogP contribution in [0.4, 0.5) is 11.4 Å². The van der Waals surface area contributed by atoms with Crippen LogP contribution >= 0.6 is 0 Å². The molecule has 0 saturated carbocycles. The number of H-pyrrole nitrogens is 2. The quantitative estimate of drug-likeness (QED) is 0.386. The molecule has 2 aromatic rings. The molecule has 9 heteroatoms. The van der Waals surface area contributed by atoms with Crippen LogP contribution in [0.15, 0.2) is 21.7 Å². The zero-order chi connectivity index (χ0) is 14.3. The molecular weight excluding hydrogens is 266 g/mol. The molecular formula is C11H11N5O4. The molecule has 1 aliphatic rings. The summed E-state index contributed by atoms with van der Waals surface area (Å²) in [5.41, 5.74) is -0.711. The van der Waals surface area contributed by atoms with E-state index in [4.69, 9.17) is 0 Å². The van der Waals surface area contributed by atoms with Gasteiger partial charge in [-0.3, -0.25) is 25.0 Å². The van der Waals surface area contributed by atoms with Crippen molar-refractivity contribution in [2.24, 2.45) is 0 Å². The fourth-order valence-electron chi connectivity index (χ4n) is 2.25. The third-order valence-corrected chi connectivity index (χ3v) is 3.22. The first kappa shape index (κ1) is 12.4. The summed E-state index contributed by atoms with van der Waals surface area (Å²) in [5, 5.41) is 14.2. The molecule has 0 aliphatic carbocycles. The SMILES string of the molecule is O=c1[nH]c2cc(N3CCNC3)c([N+](=O)[O-])cc2[nH]c1=O. The minimum absolute atomic E-state index is 0.108. The molecule has 0 unspecified atom stereocenters. The maximum atomic E-state index is 11.3. The maximum absolute atomic E-state index is 11.3. The Bertz CT molecular complexity index is 803. The monoisotopic (exact) mass is 277 g/mol. The van der Waals surface area contributed by atoms with Crippen LogP contribution in [0, 0.1) is 10.1 Å². The molecule has 0 bridgehead atoms. The number of nitrogens with one attached hydrogen (secondary N) is 3. The van der Waals surface area contributed by atoms with Gasteiger partial charge in [0.05, 0.1) is 22.6 Å². The first-order chi connectivity index (χ1) is 9.56. The lowest BCUT2D eigenvalue weighted by atomic mass is 10.2. The molecule has 1 aromatic carbocycles. The van der Waals surface area contributed by atoms with Crippen LogP contribution in [-0.2, 0) is 0 Å². The third kappa shape index (κ3) is 1.93. The van der Waals surface area contributed by atoms with Gasteiger partial charge in [-0.25, -0.2) is 0 Å². The number of fused-ring (bicyclic) bond motifs is 1. The summed E-state index contributed by atoms with van der Waals surface area (Å²) < 4.78 is 0. The molecule has 1 aliphatic heterocycles. The number of hydrogen-bond donors (Lipinski definition) is 3. The van der Waals surface area contributed by atoms with Gasteiger partial charge < -0.3 is 14.9 Å². The molecule has 1 saturated heterocycles. The predicted molar refractivity (Wildman–Crippen MR) is 72.1 cm³/mol. The number of hydrogen-bond acceptors (Lipinski definition) is 6. The van der Waals surface area contributed by atoms with E-state index in [2.05, 4.69) is 15.3 Å². The van der Waals surface area contributed by atoms with E-state index in [9.17, 15) is 19.7 Å². The van der Waals surface area contributed by atoms with Crippen LogP contribution in [-0.4, -0.2) is 34.6 Å². The van der Waals surface area contributed by atoms with Gasteiger partial charge in [-0.05, 0) is 6.07 Å². The van der Waals surface area contributed by atoms with E-state index >= 15 is 0 Å². The van der Waals surface area contributed by atoms with Gasteiger partial charge in [-0.15, -0.1) is 0 Å². The number of aromatic nitrogens is 2. The number of benzene rings is 1. The minimum atomic E-state index is -0.831. The van der Waals surface area contributed by atoms with Crippen molar-refractivity contribution in [3.8, 4) is 0 Å². The van der Waals surface area contributed by atoms with E-state index in [1.54, 1.807) is 4.90 Å². The van der Waals surface area contributed by atoms with E-state index in [1.807, 2.05) is 0 Å². The van der Waals surface area contributed by atoms with Crippen molar-refractivity contribution in [1.82, 2.24) is 15.3 Å². The van der Waals surface area contributed by atoms with Crippen molar-refractivity contribution in [3.63, 3.8) is 0 Å². The van der Waals surface area contributed by atoms with E-state index < -0.39 is 16.0 Å². The van der Waals surface area contributed by atoms with Crippen LogP contribution in [0.25, 0.3) is 11.0 Å². The largest absolute Gasteiger partial charge is 0.352 e. The molecule has 1 aromatic heterocycles. The third-order valence-electron chi connectivity index (χ3n) is 3.22. The minimum Gasteiger partial charge on any atom is -0.352 e. The molecule has 3 N–H and O–H groups in total. The van der Waals surface area contributed by atoms with E-state index in [0.29, 0.717) is 24.4 Å². The number of nitro groups is 1. The summed E-state index contributed by atoms with van der Waals surface area (Å²) in [6.07, 6.45) is 0. The van der Waals surface area contributed by atoms with Gasteiger partial charge in [0.15, 0.2) is 0 Å². The Morgan fingerprint density at radius 2 is 1.80 bits per heavy atom. The lowest BCUT2D eigenvalue weighted by Crippen LogP contribution is -2.29. The Labute approximate surface area is 111 Å². The van der Waals surface area contributed by atoms with Gasteiger partial charge in [0, 0.05) is 19.2 Å². The smallest absolute Gasteiger partial charge is 0.314 e. The first-order valence-corrected chi connectivity index (χ1v) is 5.96. The van der Waals surface area contributed by atoms with Crippen LogP contribution in [0.5, 0.6) is 0 Å². The van der Waals surface area contributed by atoms with Crippen molar-refractivity contribution in [2.75, 3.05) is 24.7 Å². The fraction of sp³-hybridized carbons (Fsp3) is 0.273. The number of anilines is 1. The van der Waals surface area contributed by atoms with Gasteiger partial charge in [-0.1, -0.05) is 0 Å². The zero-order valence-electron chi connectivity index (χ0n) is 10.3. The number of rotatable bonds is 2.